The van der Waals surface area contributed by atoms with Crippen LogP contribution < -0.4 is 30.2 Å². The summed E-state index contributed by atoms with van der Waals surface area (Å²) in [6.07, 6.45) is 25.3. The molecule has 16 rings (SSSR count). The Balaban J connectivity index is 0.000000184. The van der Waals surface area contributed by atoms with Gasteiger partial charge in [-0.1, -0.05) is 178 Å². The molecular formula is C96H125F2N12O15V3-3. The zero-order chi connectivity index (χ0) is 88.9. The van der Waals surface area contributed by atoms with Crippen LogP contribution in [-0.2, 0) is 118 Å². The van der Waals surface area contributed by atoms with Crippen LogP contribution in [0.4, 0.5) is 23.2 Å². The van der Waals surface area contributed by atoms with Gasteiger partial charge in [0.2, 0.25) is 35.4 Å². The van der Waals surface area contributed by atoms with Gasteiger partial charge in [0.15, 0.2) is 0 Å². The predicted octanol–water partition coefficient (Wildman–Crippen LogP) is 15.2. The number of ether oxygens (including phenoxy) is 6. The second-order valence-electron chi connectivity index (χ2n) is 39.7. The number of alkyl carbamates (subject to hydrolysis) is 3. The van der Waals surface area contributed by atoms with Crippen molar-refractivity contribution in [2.24, 2.45) is 63.6 Å². The summed E-state index contributed by atoms with van der Waals surface area (Å²) in [5, 5.41) is 8.55. The Morgan fingerprint density at radius 2 is 0.742 bits per heavy atom. The molecular weight excluding hydrogens is 1750 g/mol. The van der Waals surface area contributed by atoms with Gasteiger partial charge in [-0.15, -0.1) is 0 Å². The molecule has 3 saturated heterocycles. The van der Waals surface area contributed by atoms with Gasteiger partial charge >= 0.3 is 18.3 Å². The van der Waals surface area contributed by atoms with Gasteiger partial charge in [0.1, 0.15) is 83.5 Å². The molecule has 691 valence electrons. The summed E-state index contributed by atoms with van der Waals surface area (Å²) in [4.78, 5) is 151. The molecule has 6 aromatic rings. The van der Waals surface area contributed by atoms with E-state index in [0.29, 0.717) is 100 Å². The van der Waals surface area contributed by atoms with Gasteiger partial charge in [-0.05, 0) is 196 Å². The first-order chi connectivity index (χ1) is 59.8. The molecule has 6 amide bonds. The Bertz CT molecular complexity index is 4920. The molecule has 6 aliphatic heterocycles. The Kier molecular flexibility index (Phi) is 34.2. The second kappa shape index (κ2) is 43.5. The molecule has 3 N–H and O–H groups in total. The average Bonchev–Trinajstić information content (AvgIpc) is 1.62. The largest absolute Gasteiger partial charge is 0.540 e. The van der Waals surface area contributed by atoms with E-state index in [0.717, 1.165) is 132 Å². The quantitative estimate of drug-likeness (QED) is 0.107. The molecule has 3 radical (unpaired) electrons. The van der Waals surface area contributed by atoms with Crippen LogP contribution in [0.2, 0.25) is 0 Å². The van der Waals surface area contributed by atoms with E-state index in [1.165, 1.54) is 58.2 Å². The van der Waals surface area contributed by atoms with Crippen LogP contribution in [0.15, 0.2) is 60.7 Å². The van der Waals surface area contributed by atoms with Crippen molar-refractivity contribution < 1.29 is 136 Å². The third kappa shape index (κ3) is 23.3. The van der Waals surface area contributed by atoms with Gasteiger partial charge in [-0.2, -0.15) is 0 Å². The van der Waals surface area contributed by atoms with Gasteiger partial charge in [0.05, 0.1) is 52.7 Å². The van der Waals surface area contributed by atoms with Crippen LogP contribution in [0.25, 0.3) is 33.1 Å². The van der Waals surface area contributed by atoms with E-state index < -0.39 is 101 Å². The number of carbonyl (C=O) groups is 6. The average molecular weight is 1880 g/mol. The van der Waals surface area contributed by atoms with Crippen LogP contribution in [0.3, 0.4) is 0 Å². The molecule has 7 fully saturated rings. The molecule has 4 aliphatic carbocycles. The topological polar surface area (TPSA) is 332 Å². The third-order valence-corrected chi connectivity index (χ3v) is 27.9. The number of halogens is 2. The summed E-state index contributed by atoms with van der Waals surface area (Å²) in [5.41, 5.74) is 3.77. The molecule has 3 aromatic heterocycles. The predicted molar refractivity (Wildman–Crippen MR) is 463 cm³/mol. The maximum atomic E-state index is 14.1. The van der Waals surface area contributed by atoms with Crippen molar-refractivity contribution >= 4 is 88.0 Å². The summed E-state index contributed by atoms with van der Waals surface area (Å²) in [5.74, 6) is 0.280. The number of rotatable bonds is 5. The van der Waals surface area contributed by atoms with Crippen molar-refractivity contribution in [3.8, 4) is 17.6 Å². The molecule has 2 unspecified atom stereocenters. The normalized spacial score (nSPS) is 30.3. The maximum absolute atomic E-state index is 14.1. The van der Waals surface area contributed by atoms with E-state index >= 15 is 0 Å². The fraction of sp³-hybridized carbons (Fsp3) is 0.656. The first-order valence-electron chi connectivity index (χ1n) is 45.9. The number of hydrogen-bond donors (Lipinski definition) is 3. The van der Waals surface area contributed by atoms with Gasteiger partial charge in [0.25, 0.3) is 0 Å². The Hall–Kier alpha value is -8.08. The number of amides is 6. The zero-order valence-corrected chi connectivity index (χ0v) is 80.1. The Labute approximate surface area is 786 Å². The SMILES string of the molecule is CC[C@@H]1[C@@H]2CN(C(=O)[C@H](C(C)(C)C)NC(=O)O[C@@H]3CCC[C@H]3CCCCCc3nc4ccc(F)cc4nc3O2)[C@@H]1[C-]=O.CC[C@@H]1[C@@H]2CN(C(=O)[C@H](C(C)(C)C)NC(=O)O[C@@H]3C[C@H]3CCCCCc3nc4ccc(F)cc4nc3O2)[C@@H]1[C-]=O.C[C@@H]1[C@@H]2CN(C(=O)[C@H](C(C)(C)C)NC(=O)O[C@@H]3CC4CCCC4[C@H]3CCCCCc3nc4ccccc4nc3O2)[C@@H]1[C-]=O.[V].[V].[V]. The molecule has 27 nitrogen and oxygen atoms in total. The van der Waals surface area contributed by atoms with E-state index in [9.17, 15) is 51.9 Å². The molecule has 4 saturated carbocycles. The molecule has 128 heavy (non-hydrogen) atoms. The van der Waals surface area contributed by atoms with E-state index in [-0.39, 0.29) is 135 Å². The summed E-state index contributed by atoms with van der Waals surface area (Å²) >= 11 is 0. The van der Waals surface area contributed by atoms with Crippen LogP contribution in [-0.4, -0.2) is 192 Å². The number of aryl methyl sites for hydroxylation is 3. The number of nitrogens with zero attached hydrogens (tertiary/aromatic N) is 9. The van der Waals surface area contributed by atoms with E-state index in [1.54, 1.807) is 12.1 Å². The van der Waals surface area contributed by atoms with Crippen LogP contribution in [0.1, 0.15) is 241 Å². The number of hydrogen-bond acceptors (Lipinski definition) is 21. The molecule has 9 heterocycles. The molecule has 3 aromatic carbocycles. The van der Waals surface area contributed by atoms with Crippen molar-refractivity contribution in [1.29, 1.82) is 0 Å². The van der Waals surface area contributed by atoms with E-state index in [1.807, 2.05) is 107 Å². The number of nitrogens with one attached hydrogen (secondary N) is 3. The van der Waals surface area contributed by atoms with Crippen molar-refractivity contribution in [3.63, 3.8) is 0 Å². The van der Waals surface area contributed by atoms with E-state index in [2.05, 4.69) is 44.8 Å². The minimum atomic E-state index is -0.921. The smallest absolute Gasteiger partial charge is 0.408 e. The molecule has 32 heteroatoms. The monoisotopic (exact) mass is 1880 g/mol. The summed E-state index contributed by atoms with van der Waals surface area (Å²) in [6.45, 7) is 23.1. The summed E-state index contributed by atoms with van der Waals surface area (Å²) in [6, 6.07) is 11.1. The molecule has 0 spiro atoms. The second-order valence-corrected chi connectivity index (χ2v) is 39.7. The molecule has 20 atom stereocenters. The van der Waals surface area contributed by atoms with Gasteiger partial charge in [-0.25, -0.2) is 71.9 Å². The standard InChI is InChI=1S/C34H45N4O5.C32H42FN4O5.C30H38FN4O5.3V/c1-20-27(19-39)38-18-29(20)42-31-26(35-24-14-8-9-15-25(24)36-31)16-7-5-6-12-23-22-13-10-11-21(22)17-28(23)43-33(41)37-30(32(38)40)34(2,3)4;1-5-21-25(18-38)37-17-27(21)41-29-23(34-22-15-14-20(33)16-24(22)35-29)12-8-6-7-10-19-11-9-13-26(19)42-31(40)36-28(30(37)39)32(2,3)4;1-5-19-23(16-36)35-15-25(19)39-27-21(32-20-12-11-18(31)14-22(20)33-27)10-8-6-7-9-17-13-24(17)40-29(38)34-26(28(35)37)30(2,3)4;;;/h8-9,14-15,20-23,27-30H,5-7,10-13,16-18H2,1-4H3,(H,37,41);14-16,19,21,25-28H,5-13,17H2,1-4H3,(H,36,40);11-12,14,17,19,23-26H,5-10,13,15H2,1-4H3,(H,34,38);;;/q3*-1;;;/t20-,21?,22?,23+,27+,28+,29-,30+;19-,21+,25-,26-,27+,28-;17-,19+,23-,24-,25+,26-;;;/m011.../s1. The van der Waals surface area contributed by atoms with Crippen molar-refractivity contribution in [2.75, 3.05) is 19.6 Å². The fourth-order valence-electron chi connectivity index (χ4n) is 20.8. The number of benzene rings is 3. The fourth-order valence-corrected chi connectivity index (χ4v) is 20.8. The number of para-hydroxylation sites is 2. The van der Waals surface area contributed by atoms with Crippen molar-refractivity contribution in [3.05, 3.63) is 89.4 Å². The minimum Gasteiger partial charge on any atom is -0.540 e. The minimum absolute atomic E-state index is 0. The number of carbonyl (C=O) groups excluding carboxylic acids is 9. The van der Waals surface area contributed by atoms with Crippen LogP contribution in [0, 0.1) is 75.2 Å². The Morgan fingerprint density at radius 3 is 1.20 bits per heavy atom. The van der Waals surface area contributed by atoms with E-state index in [4.69, 9.17) is 48.4 Å². The van der Waals surface area contributed by atoms with Crippen LogP contribution >= 0.6 is 0 Å². The van der Waals surface area contributed by atoms with Gasteiger partial charge in [0, 0.05) is 67.8 Å². The third-order valence-electron chi connectivity index (χ3n) is 27.9. The maximum Gasteiger partial charge on any atom is 0.408 e. The van der Waals surface area contributed by atoms with Crippen LogP contribution in [0.5, 0.6) is 17.6 Å². The first-order valence-corrected chi connectivity index (χ1v) is 45.9. The van der Waals surface area contributed by atoms with Crippen molar-refractivity contribution in [2.45, 2.75) is 316 Å². The first kappa shape index (κ1) is 100. The van der Waals surface area contributed by atoms with Gasteiger partial charge < -0.3 is 73.5 Å². The number of fused-ring (bicyclic) bond motifs is 17. The Morgan fingerprint density at radius 1 is 0.383 bits per heavy atom. The molecule has 10 aliphatic rings. The zero-order valence-electron chi connectivity index (χ0n) is 75.9. The summed E-state index contributed by atoms with van der Waals surface area (Å²) in [7, 11) is 0. The molecule has 6 bridgehead atoms. The number of aromatic nitrogens is 6. The summed E-state index contributed by atoms with van der Waals surface area (Å²) < 4.78 is 65.2. The van der Waals surface area contributed by atoms with Gasteiger partial charge in [-0.3, -0.25) is 14.4 Å². The van der Waals surface area contributed by atoms with Crippen molar-refractivity contribution in [1.82, 2.24) is 60.6 Å².